The quantitative estimate of drug-likeness (QED) is 0.0333. The molecule has 0 aliphatic carbocycles. The van der Waals surface area contributed by atoms with Crippen molar-refractivity contribution in [3.05, 3.63) is 42.0 Å². The van der Waals surface area contributed by atoms with Gasteiger partial charge in [-0.3, -0.25) is 18.9 Å². The third-order valence-electron chi connectivity index (χ3n) is 10.7. The number of carbonyl (C=O) groups excluding carboxylic acids is 3. The Morgan fingerprint density at radius 3 is 1.53 bits per heavy atom. The molecule has 1 aromatic rings. The number of hydrogen-bond acceptors (Lipinski definition) is 8. The minimum Gasteiger partial charge on any atom is -0.462 e. The van der Waals surface area contributed by atoms with E-state index in [4.69, 9.17) is 14.0 Å². The van der Waals surface area contributed by atoms with Gasteiger partial charge in [0.2, 0.25) is 0 Å². The summed E-state index contributed by atoms with van der Waals surface area (Å²) in [5.74, 6) is -1.63. The average Bonchev–Trinajstić information content (AvgIpc) is 3.23. The van der Waals surface area contributed by atoms with Crippen molar-refractivity contribution in [3.8, 4) is 0 Å². The second-order valence-electron chi connectivity index (χ2n) is 16.0. The molecule has 1 aromatic carbocycles. The molecular formula is C48H82NO9P. The Morgan fingerprint density at radius 2 is 1.10 bits per heavy atom. The van der Waals surface area contributed by atoms with Crippen LogP contribution in [0.1, 0.15) is 215 Å². The first-order chi connectivity index (χ1) is 28.6. The van der Waals surface area contributed by atoms with Crippen molar-refractivity contribution in [3.63, 3.8) is 0 Å². The van der Waals surface area contributed by atoms with Crippen LogP contribution in [-0.4, -0.2) is 60.3 Å². The zero-order chi connectivity index (χ0) is 43.4. The molecule has 2 atom stereocenters. The fourth-order valence-electron chi connectivity index (χ4n) is 7.15. The van der Waals surface area contributed by atoms with E-state index in [1.807, 2.05) is 0 Å². The molecule has 0 spiro atoms. The van der Waals surface area contributed by atoms with E-state index in [0.29, 0.717) is 18.4 Å². The van der Waals surface area contributed by atoms with Crippen LogP contribution in [0.4, 0.5) is 0 Å². The molecule has 0 saturated heterocycles. The van der Waals surface area contributed by atoms with Crippen molar-refractivity contribution in [2.24, 2.45) is 0 Å². The van der Waals surface area contributed by atoms with Gasteiger partial charge in [0.05, 0.1) is 24.1 Å². The SMILES string of the molecule is C=Cc1cc(C=C)c(P(=O)(O)OC[C@@H](COC(=O)CCCCCCCCCCCCCCC)OC(=O)CCCCCCCCCCCCCCC)c(C(=O)NCCO)c1. The molecule has 0 aliphatic rings. The maximum absolute atomic E-state index is 13.9. The monoisotopic (exact) mass is 848 g/mol. The number of benzene rings is 1. The van der Waals surface area contributed by atoms with Crippen molar-refractivity contribution >= 4 is 42.9 Å². The Labute approximate surface area is 358 Å². The third kappa shape index (κ3) is 26.9. The number of hydrogen-bond donors (Lipinski definition) is 3. The van der Waals surface area contributed by atoms with Gasteiger partial charge < -0.3 is 29.3 Å². The molecule has 338 valence electrons. The minimum absolute atomic E-state index is 0.0709. The van der Waals surface area contributed by atoms with Crippen LogP contribution >= 0.6 is 7.60 Å². The summed E-state index contributed by atoms with van der Waals surface area (Å²) in [5, 5.41) is 11.5. The van der Waals surface area contributed by atoms with Crippen LogP contribution in [-0.2, 0) is 28.2 Å². The Bertz CT molecular complexity index is 1350. The van der Waals surface area contributed by atoms with Gasteiger partial charge in [0, 0.05) is 19.4 Å². The van der Waals surface area contributed by atoms with Gasteiger partial charge in [0.25, 0.3) is 5.91 Å². The number of carbonyl (C=O) groups is 3. The summed E-state index contributed by atoms with van der Waals surface area (Å²) < 4.78 is 30.6. The highest BCUT2D eigenvalue weighted by atomic mass is 31.2. The predicted molar refractivity (Wildman–Crippen MR) is 243 cm³/mol. The van der Waals surface area contributed by atoms with E-state index in [1.165, 1.54) is 134 Å². The lowest BCUT2D eigenvalue weighted by atomic mass is 10.0. The van der Waals surface area contributed by atoms with Gasteiger partial charge in [-0.25, -0.2) is 0 Å². The highest BCUT2D eigenvalue weighted by molar-refractivity contribution is 7.61. The van der Waals surface area contributed by atoms with E-state index in [2.05, 4.69) is 32.3 Å². The molecule has 0 bridgehead atoms. The summed E-state index contributed by atoms with van der Waals surface area (Å²) in [6.45, 7) is 10.7. The maximum Gasteiger partial charge on any atom is 0.360 e. The smallest absolute Gasteiger partial charge is 0.360 e. The second-order valence-corrected chi connectivity index (χ2v) is 17.7. The first-order valence-corrected chi connectivity index (χ1v) is 24.9. The summed E-state index contributed by atoms with van der Waals surface area (Å²) in [4.78, 5) is 50.0. The number of amides is 1. The summed E-state index contributed by atoms with van der Waals surface area (Å²) in [6, 6.07) is 2.95. The fraction of sp³-hybridized carbons (Fsp3) is 0.729. The highest BCUT2D eigenvalue weighted by Gasteiger charge is 2.33. The topological polar surface area (TPSA) is 148 Å². The van der Waals surface area contributed by atoms with Crippen LogP contribution in [0.2, 0.25) is 0 Å². The minimum atomic E-state index is -4.75. The van der Waals surface area contributed by atoms with E-state index in [0.717, 1.165) is 38.5 Å². The molecule has 11 heteroatoms. The van der Waals surface area contributed by atoms with Crippen molar-refractivity contribution in [2.45, 2.75) is 200 Å². The van der Waals surface area contributed by atoms with E-state index < -0.39 is 38.2 Å². The number of aliphatic hydroxyl groups excluding tert-OH is 1. The van der Waals surface area contributed by atoms with Gasteiger partial charge in [-0.1, -0.05) is 193 Å². The lowest BCUT2D eigenvalue weighted by Crippen LogP contribution is -2.33. The highest BCUT2D eigenvalue weighted by Crippen LogP contribution is 2.44. The molecule has 0 fully saturated rings. The summed E-state index contributed by atoms with van der Waals surface area (Å²) in [6.07, 6.45) is 32.9. The van der Waals surface area contributed by atoms with Gasteiger partial charge in [0.15, 0.2) is 6.10 Å². The van der Waals surface area contributed by atoms with E-state index in [-0.39, 0.29) is 49.0 Å². The van der Waals surface area contributed by atoms with Gasteiger partial charge >= 0.3 is 19.5 Å². The molecule has 3 N–H and O–H groups in total. The van der Waals surface area contributed by atoms with Crippen LogP contribution in [0, 0.1) is 0 Å². The number of rotatable bonds is 40. The van der Waals surface area contributed by atoms with E-state index >= 15 is 0 Å². The number of ether oxygens (including phenoxy) is 2. The average molecular weight is 848 g/mol. The molecule has 0 saturated carbocycles. The van der Waals surface area contributed by atoms with Crippen LogP contribution in [0.15, 0.2) is 25.3 Å². The molecule has 1 amide bonds. The maximum atomic E-state index is 13.9. The second kappa shape index (κ2) is 35.9. The molecule has 0 aromatic heterocycles. The molecule has 0 radical (unpaired) electrons. The Morgan fingerprint density at radius 1 is 0.661 bits per heavy atom. The van der Waals surface area contributed by atoms with Gasteiger partial charge in [-0.2, -0.15) is 0 Å². The molecule has 10 nitrogen and oxygen atoms in total. The van der Waals surface area contributed by atoms with Crippen LogP contribution in [0.5, 0.6) is 0 Å². The van der Waals surface area contributed by atoms with Crippen LogP contribution in [0.25, 0.3) is 12.2 Å². The number of unbranched alkanes of at least 4 members (excludes halogenated alkanes) is 24. The van der Waals surface area contributed by atoms with Crippen molar-refractivity contribution < 1.29 is 42.9 Å². The van der Waals surface area contributed by atoms with E-state index in [9.17, 15) is 28.9 Å². The Hall–Kier alpha value is -2.78. The van der Waals surface area contributed by atoms with Crippen molar-refractivity contribution in [1.29, 1.82) is 0 Å². The zero-order valence-electron chi connectivity index (χ0n) is 37.1. The standard InChI is InChI=1S/C48H82NO9P/c1-5-9-11-13-15-17-19-21-23-25-27-29-31-33-45(51)56-39-43(58-46(52)34-32-30-28-26-24-22-20-18-16-14-12-10-6-2)40-57-59(54,55)47-42(8-4)37-41(7-3)38-44(47)48(53)49-35-36-50/h7-8,37-38,43,50H,3-6,9-36,39-40H2,1-2H3,(H,49,53)(H,54,55)/t43-/m1/s1. The lowest BCUT2D eigenvalue weighted by Gasteiger charge is -2.22. The number of aliphatic hydroxyl groups is 1. The molecular weight excluding hydrogens is 765 g/mol. The first kappa shape index (κ1) is 54.2. The number of nitrogens with one attached hydrogen (secondary N) is 1. The molecule has 59 heavy (non-hydrogen) atoms. The predicted octanol–water partition coefficient (Wildman–Crippen LogP) is 11.9. The molecule has 0 heterocycles. The normalized spacial score (nSPS) is 12.7. The summed E-state index contributed by atoms with van der Waals surface area (Å²) in [5.41, 5.74) is 0.549. The number of esters is 2. The largest absolute Gasteiger partial charge is 0.462 e. The Kier molecular flexibility index (Phi) is 33.0. The molecule has 1 unspecified atom stereocenters. The van der Waals surface area contributed by atoms with Crippen LogP contribution in [0.3, 0.4) is 0 Å². The van der Waals surface area contributed by atoms with E-state index in [1.54, 1.807) is 6.07 Å². The summed E-state index contributed by atoms with van der Waals surface area (Å²) in [7, 11) is -4.75. The van der Waals surface area contributed by atoms with Crippen molar-refractivity contribution in [2.75, 3.05) is 26.4 Å². The van der Waals surface area contributed by atoms with Gasteiger partial charge in [-0.05, 0) is 36.1 Å². The molecule has 0 aliphatic heterocycles. The zero-order valence-corrected chi connectivity index (χ0v) is 38.0. The molecule has 1 rings (SSSR count). The van der Waals surface area contributed by atoms with Gasteiger partial charge in [-0.15, -0.1) is 0 Å². The Balaban J connectivity index is 2.74. The summed E-state index contributed by atoms with van der Waals surface area (Å²) >= 11 is 0. The van der Waals surface area contributed by atoms with Gasteiger partial charge in [0.1, 0.15) is 6.61 Å². The first-order valence-electron chi connectivity index (χ1n) is 23.3. The lowest BCUT2D eigenvalue weighted by molar-refractivity contribution is -0.161. The third-order valence-corrected chi connectivity index (χ3v) is 12.2. The van der Waals surface area contributed by atoms with Crippen molar-refractivity contribution in [1.82, 2.24) is 5.32 Å². The fourth-order valence-corrected chi connectivity index (χ4v) is 8.60. The van der Waals surface area contributed by atoms with Crippen LogP contribution < -0.4 is 10.6 Å².